The summed E-state index contributed by atoms with van der Waals surface area (Å²) in [5.41, 5.74) is 1.85. The molecule has 1 aliphatic carbocycles. The van der Waals surface area contributed by atoms with E-state index in [4.69, 9.17) is 14.2 Å². The summed E-state index contributed by atoms with van der Waals surface area (Å²) in [4.78, 5) is 24.5. The third-order valence-corrected chi connectivity index (χ3v) is 3.76. The molecule has 1 heterocycles. The molecule has 116 valence electrons. The summed E-state index contributed by atoms with van der Waals surface area (Å²) in [6.07, 6.45) is 2.04. The average molecular weight is 294 g/mol. The third-order valence-electron chi connectivity index (χ3n) is 3.76. The van der Waals surface area contributed by atoms with Crippen LogP contribution in [-0.4, -0.2) is 31.8 Å². The van der Waals surface area contributed by atoms with Gasteiger partial charge in [-0.15, -0.1) is 0 Å². The second kappa shape index (κ2) is 6.78. The van der Waals surface area contributed by atoms with Gasteiger partial charge in [-0.3, -0.25) is 0 Å². The predicted octanol–water partition coefficient (Wildman–Crippen LogP) is 2.51. The molecule has 1 aliphatic heterocycles. The Balaban J connectivity index is 2.42. The first-order chi connectivity index (χ1) is 10.1. The van der Waals surface area contributed by atoms with Crippen molar-refractivity contribution in [2.75, 3.05) is 19.8 Å². The second-order valence-corrected chi connectivity index (χ2v) is 5.20. The van der Waals surface area contributed by atoms with E-state index < -0.39 is 11.9 Å². The summed E-state index contributed by atoms with van der Waals surface area (Å²) in [6.45, 7) is 6.68. The molecule has 0 aromatic rings. The van der Waals surface area contributed by atoms with Gasteiger partial charge in [0, 0.05) is 12.3 Å². The van der Waals surface area contributed by atoms with E-state index in [0.717, 1.165) is 24.2 Å². The summed E-state index contributed by atoms with van der Waals surface area (Å²) < 4.78 is 16.0. The van der Waals surface area contributed by atoms with Crippen LogP contribution < -0.4 is 0 Å². The Morgan fingerprint density at radius 3 is 2.52 bits per heavy atom. The Bertz CT molecular complexity index is 501. The quantitative estimate of drug-likeness (QED) is 0.746. The average Bonchev–Trinajstić information content (AvgIpc) is 2.47. The molecule has 5 heteroatoms. The molecule has 0 amide bonds. The first-order valence-electron chi connectivity index (χ1n) is 7.49. The van der Waals surface area contributed by atoms with Gasteiger partial charge in [0.2, 0.25) is 0 Å². The summed E-state index contributed by atoms with van der Waals surface area (Å²) in [6, 6.07) is 0. The Hall–Kier alpha value is -1.78. The number of esters is 2. The van der Waals surface area contributed by atoms with Crippen LogP contribution in [0.15, 0.2) is 22.5 Å². The van der Waals surface area contributed by atoms with Crippen LogP contribution in [0, 0.1) is 5.92 Å². The van der Waals surface area contributed by atoms with Gasteiger partial charge in [-0.2, -0.15) is 0 Å². The molecular formula is C16H22O5. The lowest BCUT2D eigenvalue weighted by Crippen LogP contribution is -2.30. The molecule has 0 radical (unpaired) electrons. The highest BCUT2D eigenvalue weighted by atomic mass is 16.5. The van der Waals surface area contributed by atoms with Gasteiger partial charge in [0.25, 0.3) is 0 Å². The maximum atomic E-state index is 12.3. The van der Waals surface area contributed by atoms with Crippen molar-refractivity contribution in [1.82, 2.24) is 0 Å². The molecule has 0 N–H and O–H groups in total. The third kappa shape index (κ3) is 3.12. The van der Waals surface area contributed by atoms with Gasteiger partial charge in [-0.1, -0.05) is 0 Å². The molecule has 0 saturated carbocycles. The van der Waals surface area contributed by atoms with Crippen molar-refractivity contribution in [2.45, 2.75) is 40.0 Å². The van der Waals surface area contributed by atoms with Gasteiger partial charge < -0.3 is 14.2 Å². The summed E-state index contributed by atoms with van der Waals surface area (Å²) >= 11 is 0. The molecule has 0 aromatic carbocycles. The van der Waals surface area contributed by atoms with Crippen molar-refractivity contribution in [3.05, 3.63) is 22.5 Å². The molecule has 0 bridgehead atoms. The van der Waals surface area contributed by atoms with E-state index in [0.29, 0.717) is 24.2 Å². The van der Waals surface area contributed by atoms with Crippen LogP contribution in [0.4, 0.5) is 0 Å². The number of hydrogen-bond acceptors (Lipinski definition) is 5. The van der Waals surface area contributed by atoms with Crippen LogP contribution in [0.25, 0.3) is 0 Å². The van der Waals surface area contributed by atoms with E-state index in [2.05, 4.69) is 0 Å². The Morgan fingerprint density at radius 2 is 1.86 bits per heavy atom. The number of hydrogen-bond donors (Lipinski definition) is 0. The molecule has 21 heavy (non-hydrogen) atoms. The summed E-state index contributed by atoms with van der Waals surface area (Å²) in [5.74, 6) is -0.200. The maximum Gasteiger partial charge on any atom is 0.335 e. The van der Waals surface area contributed by atoms with E-state index >= 15 is 0 Å². The standard InChI is InChI=1S/C16H22O5/c1-4-19-15(17)12-9-10(3)14-11(7-6-8-21-14)13(12)16(18)20-5-2/h11H,4-9H2,1-3H3. The molecule has 0 aromatic heterocycles. The van der Waals surface area contributed by atoms with Crippen LogP contribution in [0.3, 0.4) is 0 Å². The summed E-state index contributed by atoms with van der Waals surface area (Å²) in [7, 11) is 0. The number of ether oxygens (including phenoxy) is 3. The maximum absolute atomic E-state index is 12.3. The largest absolute Gasteiger partial charge is 0.497 e. The topological polar surface area (TPSA) is 61.8 Å². The van der Waals surface area contributed by atoms with E-state index in [-0.39, 0.29) is 19.1 Å². The lowest BCUT2D eigenvalue weighted by Gasteiger charge is -2.33. The molecule has 1 saturated heterocycles. The van der Waals surface area contributed by atoms with Gasteiger partial charge in [0.1, 0.15) is 5.76 Å². The highest BCUT2D eigenvalue weighted by Crippen LogP contribution is 2.41. The molecule has 0 spiro atoms. The van der Waals surface area contributed by atoms with Crippen LogP contribution in [0.1, 0.15) is 40.0 Å². The first-order valence-corrected chi connectivity index (χ1v) is 7.49. The van der Waals surface area contributed by atoms with Crippen molar-refractivity contribution in [2.24, 2.45) is 5.92 Å². The van der Waals surface area contributed by atoms with E-state index in [1.54, 1.807) is 13.8 Å². The fourth-order valence-corrected chi connectivity index (χ4v) is 2.93. The van der Waals surface area contributed by atoms with Crippen LogP contribution in [0.2, 0.25) is 0 Å². The Kier molecular flexibility index (Phi) is 5.04. The monoisotopic (exact) mass is 294 g/mol. The highest BCUT2D eigenvalue weighted by molar-refractivity contribution is 6.02. The minimum Gasteiger partial charge on any atom is -0.497 e. The molecule has 5 nitrogen and oxygen atoms in total. The van der Waals surface area contributed by atoms with Gasteiger partial charge in [-0.25, -0.2) is 9.59 Å². The Labute approximate surface area is 124 Å². The lowest BCUT2D eigenvalue weighted by atomic mass is 9.79. The number of carbonyl (C=O) groups is 2. The smallest absolute Gasteiger partial charge is 0.335 e. The van der Waals surface area contributed by atoms with Crippen molar-refractivity contribution in [1.29, 1.82) is 0 Å². The van der Waals surface area contributed by atoms with Gasteiger partial charge in [0.05, 0.1) is 31.0 Å². The van der Waals surface area contributed by atoms with Crippen molar-refractivity contribution >= 4 is 11.9 Å². The van der Waals surface area contributed by atoms with E-state index in [9.17, 15) is 9.59 Å². The van der Waals surface area contributed by atoms with Crippen molar-refractivity contribution in [3.63, 3.8) is 0 Å². The van der Waals surface area contributed by atoms with Crippen LogP contribution in [0.5, 0.6) is 0 Å². The van der Waals surface area contributed by atoms with Crippen LogP contribution in [-0.2, 0) is 23.8 Å². The number of carbonyl (C=O) groups excluding carboxylic acids is 2. The molecule has 2 rings (SSSR count). The Morgan fingerprint density at radius 1 is 1.19 bits per heavy atom. The number of allylic oxidation sites excluding steroid dienone is 2. The van der Waals surface area contributed by atoms with Crippen molar-refractivity contribution in [3.8, 4) is 0 Å². The second-order valence-electron chi connectivity index (χ2n) is 5.20. The zero-order valence-electron chi connectivity index (χ0n) is 12.9. The molecule has 1 unspecified atom stereocenters. The van der Waals surface area contributed by atoms with E-state index in [1.165, 1.54) is 0 Å². The first kappa shape index (κ1) is 15.6. The molecule has 1 atom stereocenters. The molecular weight excluding hydrogens is 272 g/mol. The number of fused-ring (bicyclic) bond motifs is 1. The van der Waals surface area contributed by atoms with Gasteiger partial charge in [-0.05, 0) is 39.2 Å². The van der Waals surface area contributed by atoms with Gasteiger partial charge in [0.15, 0.2) is 0 Å². The fraction of sp³-hybridized carbons (Fsp3) is 0.625. The van der Waals surface area contributed by atoms with E-state index in [1.807, 2.05) is 6.92 Å². The fourth-order valence-electron chi connectivity index (χ4n) is 2.93. The zero-order valence-corrected chi connectivity index (χ0v) is 12.9. The normalized spacial score (nSPS) is 21.6. The molecule has 1 fully saturated rings. The zero-order chi connectivity index (χ0) is 15.4. The van der Waals surface area contributed by atoms with Crippen molar-refractivity contribution < 1.29 is 23.8 Å². The minimum atomic E-state index is -0.430. The lowest BCUT2D eigenvalue weighted by molar-refractivity contribution is -0.142. The highest BCUT2D eigenvalue weighted by Gasteiger charge is 2.38. The predicted molar refractivity (Wildman–Crippen MR) is 76.3 cm³/mol. The molecule has 2 aliphatic rings. The summed E-state index contributed by atoms with van der Waals surface area (Å²) in [5, 5.41) is 0. The number of rotatable bonds is 4. The minimum absolute atomic E-state index is 0.175. The SMILES string of the molecule is CCOC(=O)C1=C(C(=O)OCC)C2CCCOC2=C(C)C1. The van der Waals surface area contributed by atoms with Crippen LogP contribution >= 0.6 is 0 Å². The van der Waals surface area contributed by atoms with Gasteiger partial charge >= 0.3 is 11.9 Å².